The average Bonchev–Trinajstić information content (AvgIpc) is 2.93. The molecule has 0 bridgehead atoms. The van der Waals surface area contributed by atoms with E-state index >= 15 is 0 Å². The topological polar surface area (TPSA) is 74.6 Å². The molecule has 17 heavy (non-hydrogen) atoms. The molecule has 5 heteroatoms. The van der Waals surface area contributed by atoms with Gasteiger partial charge in [0.2, 0.25) is 0 Å². The van der Waals surface area contributed by atoms with Gasteiger partial charge in [-0.15, -0.1) is 0 Å². The van der Waals surface area contributed by atoms with Crippen molar-refractivity contribution >= 4 is 11.9 Å². The summed E-state index contributed by atoms with van der Waals surface area (Å²) in [5.41, 5.74) is 0. The first-order valence-electron chi connectivity index (χ1n) is 6.07. The van der Waals surface area contributed by atoms with Gasteiger partial charge in [0.25, 0.3) is 0 Å². The maximum atomic E-state index is 10.2. The van der Waals surface area contributed by atoms with Gasteiger partial charge in [0.05, 0.1) is 11.8 Å². The summed E-state index contributed by atoms with van der Waals surface area (Å²) < 4.78 is 0. The zero-order chi connectivity index (χ0) is 12.0. The number of carboxylic acids is 2. The molecule has 0 aromatic rings. The Hall–Kier alpha value is -0.566. The summed E-state index contributed by atoms with van der Waals surface area (Å²) in [4.78, 5) is 20.4. The first-order chi connectivity index (χ1) is 7.61. The fraction of sp³-hybridized carbons (Fsp3) is 0.833. The maximum absolute atomic E-state index is 10.2. The van der Waals surface area contributed by atoms with Gasteiger partial charge in [0, 0.05) is 16.5 Å². The molecule has 102 valence electrons. The van der Waals surface area contributed by atoms with Crippen molar-refractivity contribution in [3.05, 3.63) is 0 Å². The molecule has 0 aromatic heterocycles. The van der Waals surface area contributed by atoms with Crippen molar-refractivity contribution in [3.63, 3.8) is 0 Å². The predicted octanol–water partition coefficient (Wildman–Crippen LogP) is 2.52. The molecular weight excluding hydrogens is 267 g/mol. The van der Waals surface area contributed by atoms with Crippen molar-refractivity contribution in [1.29, 1.82) is 0 Å². The Balaban J connectivity index is 0.000000284. The van der Waals surface area contributed by atoms with Crippen LogP contribution in [0.25, 0.3) is 0 Å². The summed E-state index contributed by atoms with van der Waals surface area (Å²) in [5, 5.41) is 16.8. The smallest absolute Gasteiger partial charge is 0.306 e. The molecule has 4 nitrogen and oxygen atoms in total. The first-order valence-corrected chi connectivity index (χ1v) is 6.07. The molecular formula is C12H20NiO4. The van der Waals surface area contributed by atoms with Crippen LogP contribution >= 0.6 is 0 Å². The number of hydrogen-bond donors (Lipinski definition) is 2. The van der Waals surface area contributed by atoms with E-state index in [9.17, 15) is 9.59 Å². The van der Waals surface area contributed by atoms with Crippen LogP contribution in [0, 0.1) is 11.8 Å². The van der Waals surface area contributed by atoms with Crippen molar-refractivity contribution in [2.45, 2.75) is 51.4 Å². The molecule has 0 unspecified atom stereocenters. The monoisotopic (exact) mass is 286 g/mol. The van der Waals surface area contributed by atoms with Crippen LogP contribution in [0.1, 0.15) is 51.4 Å². The molecule has 2 aliphatic rings. The second-order valence-electron chi connectivity index (χ2n) is 4.64. The van der Waals surface area contributed by atoms with E-state index in [0.29, 0.717) is 0 Å². The van der Waals surface area contributed by atoms with E-state index in [-0.39, 0.29) is 28.3 Å². The minimum Gasteiger partial charge on any atom is -0.481 e. The van der Waals surface area contributed by atoms with E-state index in [1.54, 1.807) is 0 Å². The van der Waals surface area contributed by atoms with E-state index in [0.717, 1.165) is 51.4 Å². The van der Waals surface area contributed by atoms with Gasteiger partial charge < -0.3 is 10.2 Å². The van der Waals surface area contributed by atoms with Gasteiger partial charge in [-0.05, 0) is 25.7 Å². The molecule has 0 atom stereocenters. The van der Waals surface area contributed by atoms with Gasteiger partial charge in [-0.2, -0.15) is 0 Å². The van der Waals surface area contributed by atoms with Gasteiger partial charge >= 0.3 is 11.9 Å². The molecule has 0 heterocycles. The summed E-state index contributed by atoms with van der Waals surface area (Å²) in [7, 11) is 0. The van der Waals surface area contributed by atoms with Crippen LogP contribution in [0.15, 0.2) is 0 Å². The zero-order valence-electron chi connectivity index (χ0n) is 9.84. The van der Waals surface area contributed by atoms with E-state index < -0.39 is 11.9 Å². The summed E-state index contributed by atoms with van der Waals surface area (Å²) in [5.74, 6) is -1.25. The fourth-order valence-corrected chi connectivity index (χ4v) is 2.35. The van der Waals surface area contributed by atoms with Crippen LogP contribution in [-0.4, -0.2) is 22.2 Å². The summed E-state index contributed by atoms with van der Waals surface area (Å²) in [6.07, 6.45) is 8.02. The van der Waals surface area contributed by atoms with Gasteiger partial charge in [0.15, 0.2) is 0 Å². The SMILES string of the molecule is O=C(O)C1CCCC1.O=C(O)C1CCCC1.[Ni]. The second kappa shape index (κ2) is 8.51. The molecule has 2 saturated carbocycles. The van der Waals surface area contributed by atoms with Crippen LogP contribution in [0.4, 0.5) is 0 Å². The van der Waals surface area contributed by atoms with Crippen molar-refractivity contribution in [1.82, 2.24) is 0 Å². The molecule has 2 fully saturated rings. The van der Waals surface area contributed by atoms with Crippen LogP contribution in [0.5, 0.6) is 0 Å². The summed E-state index contributed by atoms with van der Waals surface area (Å²) >= 11 is 0. The third kappa shape index (κ3) is 6.06. The predicted molar refractivity (Wildman–Crippen MR) is 59.2 cm³/mol. The summed E-state index contributed by atoms with van der Waals surface area (Å²) in [6.45, 7) is 0. The van der Waals surface area contributed by atoms with Crippen molar-refractivity contribution in [3.8, 4) is 0 Å². The molecule has 0 radical (unpaired) electrons. The maximum Gasteiger partial charge on any atom is 0.306 e. The fourth-order valence-electron chi connectivity index (χ4n) is 2.35. The van der Waals surface area contributed by atoms with Gasteiger partial charge in [-0.3, -0.25) is 9.59 Å². The number of carbonyl (C=O) groups is 2. The average molecular weight is 287 g/mol. The standard InChI is InChI=1S/2C6H10O2.Ni/c2*7-6(8)5-3-1-2-4-5;/h2*5H,1-4H2,(H,7,8);. The number of hydrogen-bond acceptors (Lipinski definition) is 2. The molecule has 0 amide bonds. The van der Waals surface area contributed by atoms with Crippen molar-refractivity contribution < 1.29 is 36.3 Å². The van der Waals surface area contributed by atoms with E-state index in [2.05, 4.69) is 0 Å². The second-order valence-corrected chi connectivity index (χ2v) is 4.64. The third-order valence-corrected chi connectivity index (χ3v) is 3.41. The molecule has 0 saturated heterocycles. The Morgan fingerprint density at radius 2 is 0.941 bits per heavy atom. The van der Waals surface area contributed by atoms with Gasteiger partial charge in [0.1, 0.15) is 0 Å². The molecule has 0 aromatic carbocycles. The van der Waals surface area contributed by atoms with Gasteiger partial charge in [-0.1, -0.05) is 25.7 Å². The van der Waals surface area contributed by atoms with E-state index in [4.69, 9.17) is 10.2 Å². The number of carboxylic acid groups (broad SMARTS) is 2. The Morgan fingerprint density at radius 3 is 1.06 bits per heavy atom. The minimum absolute atomic E-state index is 0. The van der Waals surface area contributed by atoms with Crippen LogP contribution in [-0.2, 0) is 26.1 Å². The zero-order valence-corrected chi connectivity index (χ0v) is 10.8. The molecule has 0 aliphatic heterocycles. The summed E-state index contributed by atoms with van der Waals surface area (Å²) in [6, 6.07) is 0. The minimum atomic E-state index is -0.609. The molecule has 2 aliphatic carbocycles. The molecule has 2 rings (SSSR count). The van der Waals surface area contributed by atoms with Gasteiger partial charge in [-0.25, -0.2) is 0 Å². The van der Waals surface area contributed by atoms with Crippen LogP contribution in [0.2, 0.25) is 0 Å². The van der Waals surface area contributed by atoms with E-state index in [1.807, 2.05) is 0 Å². The Morgan fingerprint density at radius 1 is 0.706 bits per heavy atom. The van der Waals surface area contributed by atoms with Crippen LogP contribution < -0.4 is 0 Å². The Labute approximate surface area is 112 Å². The van der Waals surface area contributed by atoms with E-state index in [1.165, 1.54) is 0 Å². The molecule has 0 spiro atoms. The number of rotatable bonds is 2. The first kappa shape index (κ1) is 16.4. The largest absolute Gasteiger partial charge is 0.481 e. The molecule has 2 N–H and O–H groups in total. The van der Waals surface area contributed by atoms with Crippen LogP contribution in [0.3, 0.4) is 0 Å². The van der Waals surface area contributed by atoms with Crippen molar-refractivity contribution in [2.24, 2.45) is 11.8 Å². The normalized spacial score (nSPS) is 20.2. The Kier molecular flexibility index (Phi) is 8.23. The number of aliphatic carboxylic acids is 2. The quantitative estimate of drug-likeness (QED) is 0.765. The van der Waals surface area contributed by atoms with Crippen molar-refractivity contribution in [2.75, 3.05) is 0 Å². The Bertz CT molecular complexity index is 217. The third-order valence-electron chi connectivity index (χ3n) is 3.41.